The lowest BCUT2D eigenvalue weighted by Gasteiger charge is -2.20. The maximum absolute atomic E-state index is 12.2. The van der Waals surface area contributed by atoms with Crippen LogP contribution in [0.3, 0.4) is 0 Å². The first-order valence-corrected chi connectivity index (χ1v) is 5.35. The molecule has 1 aliphatic carbocycles. The van der Waals surface area contributed by atoms with Gasteiger partial charge in [0.25, 0.3) is 6.47 Å². The molecule has 0 spiro atoms. The highest BCUT2D eigenvalue weighted by Gasteiger charge is 2.40. The summed E-state index contributed by atoms with van der Waals surface area (Å²) < 4.78 is 4.68. The summed E-state index contributed by atoms with van der Waals surface area (Å²) in [6.07, 6.45) is 1.32. The third-order valence-electron chi connectivity index (χ3n) is 3.23. The standard InChI is InChI=1S/C13H14O3/c1-13(6-7-16-9-14)8-10-4-2-3-5-11(10)12(13)15/h2-5,9H,6-8H2,1H3. The molecule has 2 rings (SSSR count). The van der Waals surface area contributed by atoms with Gasteiger partial charge in [0.15, 0.2) is 5.78 Å². The molecule has 0 amide bonds. The zero-order valence-corrected chi connectivity index (χ0v) is 9.23. The second-order valence-corrected chi connectivity index (χ2v) is 4.44. The van der Waals surface area contributed by atoms with Crippen molar-refractivity contribution in [1.82, 2.24) is 0 Å². The van der Waals surface area contributed by atoms with E-state index in [-0.39, 0.29) is 5.78 Å². The Kier molecular flexibility index (Phi) is 2.77. The molecule has 1 aliphatic rings. The summed E-state index contributed by atoms with van der Waals surface area (Å²) >= 11 is 0. The summed E-state index contributed by atoms with van der Waals surface area (Å²) in [5.41, 5.74) is 1.50. The first-order valence-electron chi connectivity index (χ1n) is 5.35. The second kappa shape index (κ2) is 4.08. The molecule has 0 saturated carbocycles. The van der Waals surface area contributed by atoms with Gasteiger partial charge in [-0.15, -0.1) is 0 Å². The smallest absolute Gasteiger partial charge is 0.293 e. The molecule has 1 aromatic rings. The first-order chi connectivity index (χ1) is 7.67. The number of hydrogen-bond donors (Lipinski definition) is 0. The van der Waals surface area contributed by atoms with Crippen molar-refractivity contribution < 1.29 is 14.3 Å². The predicted octanol–water partition coefficient (Wildman–Crippen LogP) is 1.99. The Hall–Kier alpha value is -1.64. The molecular formula is C13H14O3. The van der Waals surface area contributed by atoms with Crippen LogP contribution >= 0.6 is 0 Å². The van der Waals surface area contributed by atoms with Crippen LogP contribution in [0.2, 0.25) is 0 Å². The number of carbonyl (C=O) groups is 2. The van der Waals surface area contributed by atoms with E-state index in [0.29, 0.717) is 19.5 Å². The fourth-order valence-corrected chi connectivity index (χ4v) is 2.26. The molecule has 1 unspecified atom stereocenters. The normalized spacial score (nSPS) is 22.9. The van der Waals surface area contributed by atoms with Crippen LogP contribution in [-0.2, 0) is 16.0 Å². The van der Waals surface area contributed by atoms with Crippen molar-refractivity contribution in [1.29, 1.82) is 0 Å². The van der Waals surface area contributed by atoms with E-state index in [1.165, 1.54) is 0 Å². The van der Waals surface area contributed by atoms with Crippen molar-refractivity contribution in [2.24, 2.45) is 5.41 Å². The van der Waals surface area contributed by atoms with Crippen molar-refractivity contribution in [2.45, 2.75) is 19.8 Å². The van der Waals surface area contributed by atoms with E-state index >= 15 is 0 Å². The molecule has 0 fully saturated rings. The van der Waals surface area contributed by atoms with E-state index in [4.69, 9.17) is 0 Å². The summed E-state index contributed by atoms with van der Waals surface area (Å²) in [5.74, 6) is 0.164. The molecule has 1 aromatic carbocycles. The predicted molar refractivity (Wildman–Crippen MR) is 59.2 cm³/mol. The monoisotopic (exact) mass is 218 g/mol. The van der Waals surface area contributed by atoms with Crippen LogP contribution in [-0.4, -0.2) is 18.9 Å². The van der Waals surface area contributed by atoms with Gasteiger partial charge in [-0.05, 0) is 18.4 Å². The largest absolute Gasteiger partial charge is 0.468 e. The number of ether oxygens (including phenoxy) is 1. The van der Waals surface area contributed by atoms with Crippen LogP contribution in [0.5, 0.6) is 0 Å². The van der Waals surface area contributed by atoms with E-state index in [1.54, 1.807) is 0 Å². The Morgan fingerprint density at radius 3 is 2.88 bits per heavy atom. The number of Topliss-reactive ketones (excluding diaryl/α,β-unsaturated/α-hetero) is 1. The third-order valence-corrected chi connectivity index (χ3v) is 3.23. The Morgan fingerprint density at radius 2 is 2.19 bits per heavy atom. The van der Waals surface area contributed by atoms with Gasteiger partial charge in [-0.25, -0.2) is 0 Å². The van der Waals surface area contributed by atoms with Crippen molar-refractivity contribution in [3.8, 4) is 0 Å². The molecule has 0 radical (unpaired) electrons. The lowest BCUT2D eigenvalue weighted by molar-refractivity contribution is -0.129. The van der Waals surface area contributed by atoms with Crippen molar-refractivity contribution in [2.75, 3.05) is 6.61 Å². The van der Waals surface area contributed by atoms with Gasteiger partial charge in [-0.1, -0.05) is 31.2 Å². The molecule has 0 saturated heterocycles. The number of benzene rings is 1. The van der Waals surface area contributed by atoms with Crippen LogP contribution in [0.15, 0.2) is 24.3 Å². The summed E-state index contributed by atoms with van der Waals surface area (Å²) in [6.45, 7) is 2.67. The first kappa shape index (κ1) is 10.9. The van der Waals surface area contributed by atoms with Gasteiger partial charge >= 0.3 is 0 Å². The van der Waals surface area contributed by atoms with Gasteiger partial charge in [0.05, 0.1) is 6.61 Å². The average Bonchev–Trinajstić information content (AvgIpc) is 2.53. The maximum atomic E-state index is 12.2. The van der Waals surface area contributed by atoms with Gasteiger partial charge < -0.3 is 4.74 Å². The average molecular weight is 218 g/mol. The Bertz CT molecular complexity index is 425. The third kappa shape index (κ3) is 1.73. The summed E-state index contributed by atoms with van der Waals surface area (Å²) in [6, 6.07) is 7.67. The SMILES string of the molecule is CC1(CCOC=O)Cc2ccccc2C1=O. The zero-order valence-electron chi connectivity index (χ0n) is 9.23. The molecule has 0 heterocycles. The van der Waals surface area contributed by atoms with Crippen LogP contribution in [0.1, 0.15) is 29.3 Å². The summed E-state index contributed by atoms with van der Waals surface area (Å²) in [5, 5.41) is 0. The second-order valence-electron chi connectivity index (χ2n) is 4.44. The van der Waals surface area contributed by atoms with E-state index < -0.39 is 5.41 Å². The van der Waals surface area contributed by atoms with Gasteiger partial charge in [-0.3, -0.25) is 9.59 Å². The number of hydrogen-bond acceptors (Lipinski definition) is 3. The maximum Gasteiger partial charge on any atom is 0.293 e. The molecule has 0 aromatic heterocycles. The van der Waals surface area contributed by atoms with Crippen LogP contribution in [0, 0.1) is 5.41 Å². The van der Waals surface area contributed by atoms with Crippen molar-refractivity contribution in [3.05, 3.63) is 35.4 Å². The van der Waals surface area contributed by atoms with Gasteiger partial charge in [0.2, 0.25) is 0 Å². The zero-order chi connectivity index (χ0) is 11.6. The van der Waals surface area contributed by atoms with Gasteiger partial charge in [-0.2, -0.15) is 0 Å². The quantitative estimate of drug-likeness (QED) is 0.573. The van der Waals surface area contributed by atoms with E-state index in [2.05, 4.69) is 4.74 Å². The van der Waals surface area contributed by atoms with Crippen LogP contribution < -0.4 is 0 Å². The number of fused-ring (bicyclic) bond motifs is 1. The molecule has 0 bridgehead atoms. The minimum Gasteiger partial charge on any atom is -0.468 e. The van der Waals surface area contributed by atoms with Crippen molar-refractivity contribution in [3.63, 3.8) is 0 Å². The molecule has 16 heavy (non-hydrogen) atoms. The number of ketones is 1. The van der Waals surface area contributed by atoms with Crippen LogP contribution in [0.4, 0.5) is 0 Å². The summed E-state index contributed by atoms with van der Waals surface area (Å²) in [4.78, 5) is 22.2. The summed E-state index contributed by atoms with van der Waals surface area (Å²) in [7, 11) is 0. The number of rotatable bonds is 4. The van der Waals surface area contributed by atoms with Gasteiger partial charge in [0, 0.05) is 11.0 Å². The minimum atomic E-state index is -0.410. The molecule has 3 nitrogen and oxygen atoms in total. The molecule has 1 atom stereocenters. The fourth-order valence-electron chi connectivity index (χ4n) is 2.26. The molecule has 3 heteroatoms. The van der Waals surface area contributed by atoms with E-state index in [9.17, 15) is 9.59 Å². The van der Waals surface area contributed by atoms with Gasteiger partial charge in [0.1, 0.15) is 0 Å². The van der Waals surface area contributed by atoms with Crippen molar-refractivity contribution >= 4 is 12.3 Å². The highest BCUT2D eigenvalue weighted by atomic mass is 16.5. The Morgan fingerprint density at radius 1 is 1.44 bits per heavy atom. The molecule has 0 aliphatic heterocycles. The number of carbonyl (C=O) groups excluding carboxylic acids is 2. The Balaban J connectivity index is 2.16. The fraction of sp³-hybridized carbons (Fsp3) is 0.385. The Labute approximate surface area is 94.4 Å². The lowest BCUT2D eigenvalue weighted by Crippen LogP contribution is -2.25. The van der Waals surface area contributed by atoms with E-state index in [1.807, 2.05) is 31.2 Å². The lowest BCUT2D eigenvalue weighted by atomic mass is 9.83. The molecule has 0 N–H and O–H groups in total. The minimum absolute atomic E-state index is 0.164. The van der Waals surface area contributed by atoms with E-state index in [0.717, 1.165) is 17.5 Å². The molecular weight excluding hydrogens is 204 g/mol. The highest BCUT2D eigenvalue weighted by molar-refractivity contribution is 6.04. The highest BCUT2D eigenvalue weighted by Crippen LogP contribution is 2.38. The topological polar surface area (TPSA) is 43.4 Å². The molecule has 84 valence electrons. The van der Waals surface area contributed by atoms with Crippen LogP contribution in [0.25, 0.3) is 0 Å².